The highest BCUT2D eigenvalue weighted by molar-refractivity contribution is 7.14. The number of carboxylic acid groups (broad SMARTS) is 1. The number of para-hydroxylation sites is 1. The molecule has 1 saturated carbocycles. The lowest BCUT2D eigenvalue weighted by Gasteiger charge is -2.39. The molecule has 15 heteroatoms. The molecular weight excluding hydrogens is 652 g/mol. The van der Waals surface area contributed by atoms with Crippen LogP contribution in [0.25, 0.3) is 22.5 Å². The summed E-state index contributed by atoms with van der Waals surface area (Å²) in [5.74, 6) is -1.32. The summed E-state index contributed by atoms with van der Waals surface area (Å²) in [6.45, 7) is 2.65. The van der Waals surface area contributed by atoms with Crippen LogP contribution >= 0.6 is 11.3 Å². The average molecular weight is 682 g/mol. The number of carboxylic acids is 1. The Labute approximate surface area is 268 Å². The highest BCUT2D eigenvalue weighted by Gasteiger charge is 2.38. The van der Waals surface area contributed by atoms with Crippen molar-refractivity contribution < 1.29 is 50.2 Å². The number of ether oxygens (including phenoxy) is 2. The van der Waals surface area contributed by atoms with Crippen molar-refractivity contribution in [3.63, 3.8) is 0 Å². The fourth-order valence-corrected chi connectivity index (χ4v) is 6.81. The molecule has 0 unspecified atom stereocenters. The van der Waals surface area contributed by atoms with Crippen LogP contribution in [0.15, 0.2) is 52.4 Å². The number of hydrogen-bond donors (Lipinski definition) is 1. The molecule has 0 spiro atoms. The monoisotopic (exact) mass is 681 g/mol. The minimum absolute atomic E-state index is 0.00127. The van der Waals surface area contributed by atoms with E-state index in [4.69, 9.17) is 9.26 Å². The van der Waals surface area contributed by atoms with E-state index in [1.54, 1.807) is 11.4 Å². The van der Waals surface area contributed by atoms with Crippen LogP contribution in [0, 0.1) is 0 Å². The van der Waals surface area contributed by atoms with Gasteiger partial charge in [0, 0.05) is 40.6 Å². The lowest BCUT2D eigenvalue weighted by atomic mass is 9.97. The van der Waals surface area contributed by atoms with E-state index in [2.05, 4.69) is 19.8 Å². The third-order valence-electron chi connectivity index (χ3n) is 8.33. The van der Waals surface area contributed by atoms with Crippen molar-refractivity contribution in [2.75, 3.05) is 11.4 Å². The van der Waals surface area contributed by atoms with Gasteiger partial charge in [0.25, 0.3) is 0 Å². The standard InChI is InChI=1S/C32H29F6N3O5S/c1-2-19-14-20(11-12-41(19)30-39-25(16-47-30)18-9-10-21(29(42)43)24(13-18)31(33,34)35)44-15-23-27(40-46-28(23)17-7-8-17)22-5-3-4-6-26(22)45-32(36,37)38/h3-6,9-10,13,16-17,19-20H,2,7-8,11-12,14-15H2,1H3,(H,42,43)/t19-,20-/m1/s1. The number of carbonyl (C=O) groups is 1. The topological polar surface area (TPSA) is 97.9 Å². The van der Waals surface area contributed by atoms with E-state index in [-0.39, 0.29) is 47.2 Å². The predicted octanol–water partition coefficient (Wildman–Crippen LogP) is 8.92. The predicted molar refractivity (Wildman–Crippen MR) is 159 cm³/mol. The smallest absolute Gasteiger partial charge is 0.478 e. The molecule has 0 amide bonds. The summed E-state index contributed by atoms with van der Waals surface area (Å²) >= 11 is 1.29. The van der Waals surface area contributed by atoms with Gasteiger partial charge in [-0.2, -0.15) is 13.2 Å². The van der Waals surface area contributed by atoms with Crippen molar-refractivity contribution in [3.8, 4) is 28.3 Å². The summed E-state index contributed by atoms with van der Waals surface area (Å²) in [6.07, 6.45) is -6.20. The highest BCUT2D eigenvalue weighted by Crippen LogP contribution is 2.46. The number of rotatable bonds is 10. The molecule has 8 nitrogen and oxygen atoms in total. The molecule has 250 valence electrons. The Morgan fingerprint density at radius 3 is 2.55 bits per heavy atom. The van der Waals surface area contributed by atoms with Crippen molar-refractivity contribution in [2.45, 2.75) is 76.2 Å². The average Bonchev–Trinajstić information content (AvgIpc) is 3.59. The molecule has 2 aromatic heterocycles. The van der Waals surface area contributed by atoms with Gasteiger partial charge in [0.15, 0.2) is 5.13 Å². The zero-order chi connectivity index (χ0) is 33.5. The van der Waals surface area contributed by atoms with Gasteiger partial charge in [-0.05, 0) is 56.4 Å². The van der Waals surface area contributed by atoms with Gasteiger partial charge < -0.3 is 24.0 Å². The lowest BCUT2D eigenvalue weighted by Crippen LogP contribution is -2.44. The van der Waals surface area contributed by atoms with Gasteiger partial charge in [0.1, 0.15) is 17.2 Å². The molecule has 2 aromatic carbocycles. The van der Waals surface area contributed by atoms with Crippen LogP contribution < -0.4 is 9.64 Å². The second kappa shape index (κ2) is 12.8. The van der Waals surface area contributed by atoms with Gasteiger partial charge in [0.2, 0.25) is 0 Å². The number of hydrogen-bond acceptors (Lipinski definition) is 8. The Morgan fingerprint density at radius 2 is 1.87 bits per heavy atom. The van der Waals surface area contributed by atoms with E-state index in [0.29, 0.717) is 41.5 Å². The molecule has 0 bridgehead atoms. The number of aromatic carboxylic acids is 1. The lowest BCUT2D eigenvalue weighted by molar-refractivity contribution is -0.274. The molecule has 4 aromatic rings. The van der Waals surface area contributed by atoms with Crippen molar-refractivity contribution in [1.29, 1.82) is 0 Å². The minimum atomic E-state index is -4.88. The van der Waals surface area contributed by atoms with Crippen LogP contribution in [0.2, 0.25) is 0 Å². The SMILES string of the molecule is CC[C@@H]1C[C@H](OCc2c(-c3ccccc3OC(F)(F)F)noc2C2CC2)CCN1c1nc(-c2ccc(C(=O)O)c(C(F)(F)F)c2)cs1. The van der Waals surface area contributed by atoms with E-state index in [1.165, 1.54) is 35.6 Å². The maximum Gasteiger partial charge on any atom is 0.573 e. The van der Waals surface area contributed by atoms with Crippen LogP contribution in [0.3, 0.4) is 0 Å². The van der Waals surface area contributed by atoms with Gasteiger partial charge in [0.05, 0.1) is 29.5 Å². The van der Waals surface area contributed by atoms with Crippen molar-refractivity contribution in [3.05, 3.63) is 70.3 Å². The molecule has 1 aliphatic carbocycles. The van der Waals surface area contributed by atoms with Gasteiger partial charge in [-0.1, -0.05) is 30.3 Å². The Balaban J connectivity index is 1.17. The number of nitrogens with zero attached hydrogens (tertiary/aromatic N) is 3. The van der Waals surface area contributed by atoms with E-state index in [0.717, 1.165) is 31.4 Å². The maximum atomic E-state index is 13.6. The molecule has 47 heavy (non-hydrogen) atoms. The molecule has 0 radical (unpaired) electrons. The first-order valence-corrected chi connectivity index (χ1v) is 15.8. The van der Waals surface area contributed by atoms with E-state index < -0.39 is 29.6 Å². The van der Waals surface area contributed by atoms with E-state index in [9.17, 15) is 36.2 Å². The Bertz CT molecular complexity index is 1750. The minimum Gasteiger partial charge on any atom is -0.478 e. The van der Waals surface area contributed by atoms with Crippen LogP contribution in [-0.4, -0.2) is 46.3 Å². The third kappa shape index (κ3) is 7.25. The molecule has 2 aliphatic rings. The molecule has 1 saturated heterocycles. The number of benzene rings is 2. The first-order chi connectivity index (χ1) is 22.3. The summed E-state index contributed by atoms with van der Waals surface area (Å²) in [5, 5.41) is 15.6. The number of alkyl halides is 6. The second-order valence-electron chi connectivity index (χ2n) is 11.5. The summed E-state index contributed by atoms with van der Waals surface area (Å²) in [6, 6.07) is 8.83. The molecule has 2 atom stereocenters. The summed E-state index contributed by atoms with van der Waals surface area (Å²) in [5.41, 5.74) is -0.600. The zero-order valence-corrected chi connectivity index (χ0v) is 25.7. The van der Waals surface area contributed by atoms with E-state index >= 15 is 0 Å². The number of aromatic nitrogens is 2. The molecular formula is C32H29F6N3O5S. The molecule has 3 heterocycles. The van der Waals surface area contributed by atoms with Crippen molar-refractivity contribution >= 4 is 22.4 Å². The zero-order valence-electron chi connectivity index (χ0n) is 24.9. The van der Waals surface area contributed by atoms with Crippen LogP contribution in [0.4, 0.5) is 31.5 Å². The van der Waals surface area contributed by atoms with Gasteiger partial charge in [-0.15, -0.1) is 24.5 Å². The summed E-state index contributed by atoms with van der Waals surface area (Å²) in [4.78, 5) is 18.0. The van der Waals surface area contributed by atoms with Gasteiger partial charge in [-0.3, -0.25) is 0 Å². The number of anilines is 1. The highest BCUT2D eigenvalue weighted by atomic mass is 32.1. The summed E-state index contributed by atoms with van der Waals surface area (Å²) in [7, 11) is 0. The van der Waals surface area contributed by atoms with Crippen molar-refractivity contribution in [2.24, 2.45) is 0 Å². The third-order valence-corrected chi connectivity index (χ3v) is 9.20. The van der Waals surface area contributed by atoms with Crippen LogP contribution in [0.5, 0.6) is 5.75 Å². The van der Waals surface area contributed by atoms with Crippen molar-refractivity contribution in [1.82, 2.24) is 10.1 Å². The van der Waals surface area contributed by atoms with E-state index in [1.807, 2.05) is 6.92 Å². The normalized spacial score (nSPS) is 18.8. The fourth-order valence-electron chi connectivity index (χ4n) is 5.87. The largest absolute Gasteiger partial charge is 0.573 e. The molecule has 6 rings (SSSR count). The fraction of sp³-hybridized carbons (Fsp3) is 0.406. The number of piperidine rings is 1. The quantitative estimate of drug-likeness (QED) is 0.166. The maximum absolute atomic E-state index is 13.6. The second-order valence-corrected chi connectivity index (χ2v) is 12.3. The van der Waals surface area contributed by atoms with Crippen LogP contribution in [0.1, 0.15) is 72.2 Å². The summed E-state index contributed by atoms with van der Waals surface area (Å²) < 4.78 is 96.4. The molecule has 1 N–H and O–H groups in total. The first kappa shape index (κ1) is 32.8. The Kier molecular flexibility index (Phi) is 8.96. The molecule has 1 aliphatic heterocycles. The van der Waals surface area contributed by atoms with Crippen LogP contribution in [-0.2, 0) is 17.5 Å². The van der Waals surface area contributed by atoms with Gasteiger partial charge >= 0.3 is 18.5 Å². The Morgan fingerprint density at radius 1 is 1.11 bits per heavy atom. The Hall–Kier alpha value is -4.11. The number of thiazole rings is 1. The first-order valence-electron chi connectivity index (χ1n) is 14.9. The number of halogens is 6. The molecule has 2 fully saturated rings. The van der Waals surface area contributed by atoms with Gasteiger partial charge in [-0.25, -0.2) is 9.78 Å².